The van der Waals surface area contributed by atoms with E-state index in [1.54, 1.807) is 0 Å². The highest BCUT2D eigenvalue weighted by Crippen LogP contribution is 2.16. The van der Waals surface area contributed by atoms with Crippen molar-refractivity contribution in [2.24, 2.45) is 0 Å². The van der Waals surface area contributed by atoms with Crippen molar-refractivity contribution in [2.45, 2.75) is 31.5 Å². The van der Waals surface area contributed by atoms with Crippen LogP contribution in [0.5, 0.6) is 0 Å². The number of aliphatic hydroxyl groups is 1. The predicted molar refractivity (Wildman–Crippen MR) is 63.9 cm³/mol. The van der Waals surface area contributed by atoms with Gasteiger partial charge in [0.1, 0.15) is 12.6 Å². The summed E-state index contributed by atoms with van der Waals surface area (Å²) >= 11 is 0. The van der Waals surface area contributed by atoms with E-state index in [9.17, 15) is 22.8 Å². The Bertz CT molecular complexity index is 350. The summed E-state index contributed by atoms with van der Waals surface area (Å²) in [6, 6.07) is -1.84. The number of amides is 3. The molecule has 1 heterocycles. The Morgan fingerprint density at radius 2 is 2.15 bits per heavy atom. The summed E-state index contributed by atoms with van der Waals surface area (Å²) in [5.74, 6) is -0.396. The van der Waals surface area contributed by atoms with Crippen molar-refractivity contribution in [3.05, 3.63) is 0 Å². The largest absolute Gasteiger partial charge is 0.406 e. The van der Waals surface area contributed by atoms with Gasteiger partial charge in [-0.15, -0.1) is 0 Å². The average molecular weight is 297 g/mol. The van der Waals surface area contributed by atoms with Crippen molar-refractivity contribution in [1.29, 1.82) is 0 Å². The molecular weight excluding hydrogens is 279 g/mol. The first-order valence-corrected chi connectivity index (χ1v) is 6.34. The molecule has 1 fully saturated rings. The number of carbonyl (C=O) groups excluding carboxylic acids is 2. The third-order valence-corrected chi connectivity index (χ3v) is 2.86. The maximum absolute atomic E-state index is 12.3. The third-order valence-electron chi connectivity index (χ3n) is 2.86. The van der Waals surface area contributed by atoms with Gasteiger partial charge in [0.05, 0.1) is 6.61 Å². The number of nitrogens with one attached hydrogen (secondary N) is 2. The lowest BCUT2D eigenvalue weighted by Gasteiger charge is -2.25. The van der Waals surface area contributed by atoms with Crippen LogP contribution in [0.25, 0.3) is 0 Å². The quantitative estimate of drug-likeness (QED) is 0.694. The Morgan fingerprint density at radius 3 is 2.75 bits per heavy atom. The lowest BCUT2D eigenvalue weighted by Crippen LogP contribution is -2.52. The van der Waals surface area contributed by atoms with Crippen LogP contribution in [0.4, 0.5) is 18.0 Å². The van der Waals surface area contributed by atoms with Gasteiger partial charge >= 0.3 is 12.2 Å². The van der Waals surface area contributed by atoms with Gasteiger partial charge in [-0.3, -0.25) is 4.79 Å². The van der Waals surface area contributed by atoms with Gasteiger partial charge in [0.2, 0.25) is 5.91 Å². The Balaban J connectivity index is 2.62. The number of rotatable bonds is 4. The van der Waals surface area contributed by atoms with E-state index in [0.29, 0.717) is 24.3 Å². The number of carbonyl (C=O) groups is 2. The van der Waals surface area contributed by atoms with Gasteiger partial charge < -0.3 is 20.6 Å². The molecule has 0 aliphatic carbocycles. The molecule has 9 heteroatoms. The van der Waals surface area contributed by atoms with Gasteiger partial charge in [0.25, 0.3) is 0 Å². The molecule has 6 nitrogen and oxygen atoms in total. The number of aliphatic hydroxyl groups excluding tert-OH is 1. The molecule has 116 valence electrons. The van der Waals surface area contributed by atoms with E-state index in [0.717, 1.165) is 6.42 Å². The molecule has 0 aromatic heterocycles. The summed E-state index contributed by atoms with van der Waals surface area (Å²) in [5, 5.41) is 13.6. The molecule has 20 heavy (non-hydrogen) atoms. The first-order chi connectivity index (χ1) is 9.33. The molecule has 0 spiro atoms. The second-order valence-corrected chi connectivity index (χ2v) is 4.55. The minimum atomic E-state index is -4.56. The first-order valence-electron chi connectivity index (χ1n) is 6.34. The van der Waals surface area contributed by atoms with Crippen LogP contribution in [0.3, 0.4) is 0 Å². The van der Waals surface area contributed by atoms with Crippen molar-refractivity contribution in [3.63, 3.8) is 0 Å². The van der Waals surface area contributed by atoms with Crippen LogP contribution in [0.2, 0.25) is 0 Å². The molecule has 0 saturated carbocycles. The Hall–Kier alpha value is -1.51. The van der Waals surface area contributed by atoms with E-state index in [4.69, 9.17) is 5.11 Å². The molecule has 1 rings (SSSR count). The number of hydrogen-bond donors (Lipinski definition) is 3. The number of halogens is 3. The zero-order chi connectivity index (χ0) is 15.2. The topological polar surface area (TPSA) is 81.7 Å². The summed E-state index contributed by atoms with van der Waals surface area (Å²) < 4.78 is 37.0. The molecule has 1 aliphatic heterocycles. The van der Waals surface area contributed by atoms with Crippen molar-refractivity contribution in [2.75, 3.05) is 26.2 Å². The summed E-state index contributed by atoms with van der Waals surface area (Å²) in [7, 11) is 0. The highest BCUT2D eigenvalue weighted by molar-refractivity contribution is 5.87. The van der Waals surface area contributed by atoms with Crippen LogP contribution < -0.4 is 10.6 Å². The van der Waals surface area contributed by atoms with E-state index in [1.807, 2.05) is 0 Å². The van der Waals surface area contributed by atoms with Gasteiger partial charge in [0, 0.05) is 13.1 Å². The van der Waals surface area contributed by atoms with Crippen LogP contribution in [0.1, 0.15) is 19.3 Å². The van der Waals surface area contributed by atoms with Crippen molar-refractivity contribution >= 4 is 11.9 Å². The number of nitrogens with zero attached hydrogens (tertiary/aromatic N) is 1. The van der Waals surface area contributed by atoms with Crippen molar-refractivity contribution < 1.29 is 27.9 Å². The fraction of sp³-hybridized carbons (Fsp3) is 0.818. The molecule has 1 saturated heterocycles. The number of hydrogen-bond acceptors (Lipinski definition) is 3. The molecule has 3 N–H and O–H groups in total. The van der Waals surface area contributed by atoms with Crippen LogP contribution in [0, 0.1) is 0 Å². The molecule has 3 amide bonds. The standard InChI is InChI=1S/C11H18F3N3O3/c12-11(13,14)7-17(5-6-18)10(20)16-8-3-1-2-4-15-9(8)19/h8,18H,1-7H2,(H,15,19)(H,16,20). The first kappa shape index (κ1) is 16.5. The normalized spacial score (nSPS) is 20.0. The van der Waals surface area contributed by atoms with Crippen molar-refractivity contribution in [3.8, 4) is 0 Å². The minimum Gasteiger partial charge on any atom is -0.395 e. The minimum absolute atomic E-state index is 0.385. The van der Waals surface area contributed by atoms with Gasteiger partial charge in [-0.1, -0.05) is 0 Å². The highest BCUT2D eigenvalue weighted by Gasteiger charge is 2.34. The lowest BCUT2D eigenvalue weighted by atomic mass is 10.1. The second kappa shape index (κ2) is 7.32. The maximum Gasteiger partial charge on any atom is 0.406 e. The molecular formula is C11H18F3N3O3. The molecule has 0 aromatic rings. The summed E-state index contributed by atoms with van der Waals surface area (Å²) in [6.07, 6.45) is -2.71. The molecule has 0 bridgehead atoms. The van der Waals surface area contributed by atoms with Crippen LogP contribution in [-0.4, -0.2) is 60.4 Å². The molecule has 0 radical (unpaired) electrons. The monoisotopic (exact) mass is 297 g/mol. The SMILES string of the molecule is O=C1NCCCCC1NC(=O)N(CCO)CC(F)(F)F. The average Bonchev–Trinajstić information content (AvgIpc) is 2.53. The van der Waals surface area contributed by atoms with E-state index < -0.39 is 43.9 Å². The maximum atomic E-state index is 12.3. The lowest BCUT2D eigenvalue weighted by molar-refractivity contribution is -0.140. The highest BCUT2D eigenvalue weighted by atomic mass is 19.4. The number of urea groups is 1. The fourth-order valence-electron chi connectivity index (χ4n) is 1.91. The van der Waals surface area contributed by atoms with Gasteiger partial charge in [-0.25, -0.2) is 4.79 Å². The Morgan fingerprint density at radius 1 is 1.45 bits per heavy atom. The third kappa shape index (κ3) is 5.64. The van der Waals surface area contributed by atoms with Gasteiger partial charge in [-0.05, 0) is 19.3 Å². The van der Waals surface area contributed by atoms with Crippen LogP contribution in [0.15, 0.2) is 0 Å². The Labute approximate surface area is 114 Å². The van der Waals surface area contributed by atoms with Gasteiger partial charge in [0.15, 0.2) is 0 Å². The van der Waals surface area contributed by atoms with Crippen molar-refractivity contribution in [1.82, 2.24) is 15.5 Å². The molecule has 1 unspecified atom stereocenters. The number of alkyl halides is 3. The summed E-state index contributed by atoms with van der Waals surface area (Å²) in [4.78, 5) is 23.8. The Kier molecular flexibility index (Phi) is 6.05. The fourth-order valence-corrected chi connectivity index (χ4v) is 1.91. The van der Waals surface area contributed by atoms with E-state index in [2.05, 4.69) is 10.6 Å². The second-order valence-electron chi connectivity index (χ2n) is 4.55. The van der Waals surface area contributed by atoms with Crippen LogP contribution >= 0.6 is 0 Å². The summed E-state index contributed by atoms with van der Waals surface area (Å²) in [6.45, 7) is -2.00. The van der Waals surface area contributed by atoms with E-state index >= 15 is 0 Å². The zero-order valence-corrected chi connectivity index (χ0v) is 10.9. The zero-order valence-electron chi connectivity index (χ0n) is 10.9. The van der Waals surface area contributed by atoms with Gasteiger partial charge in [-0.2, -0.15) is 13.2 Å². The van der Waals surface area contributed by atoms with E-state index in [-0.39, 0.29) is 0 Å². The van der Waals surface area contributed by atoms with Crippen LogP contribution in [-0.2, 0) is 4.79 Å². The smallest absolute Gasteiger partial charge is 0.395 e. The summed E-state index contributed by atoms with van der Waals surface area (Å²) in [5.41, 5.74) is 0. The molecule has 1 aliphatic rings. The molecule has 1 atom stereocenters. The molecule has 0 aromatic carbocycles. The van der Waals surface area contributed by atoms with E-state index in [1.165, 1.54) is 0 Å². The predicted octanol–water partition coefficient (Wildman–Crippen LogP) is 0.221.